The van der Waals surface area contributed by atoms with Gasteiger partial charge in [-0.25, -0.2) is 4.79 Å². The van der Waals surface area contributed by atoms with Crippen LogP contribution in [0.1, 0.15) is 162 Å². The summed E-state index contributed by atoms with van der Waals surface area (Å²) in [6, 6.07) is 0. The molecule has 1 aliphatic carbocycles. The molecule has 2 heterocycles. The second kappa shape index (κ2) is 20.2. The third kappa shape index (κ3) is 13.0. The summed E-state index contributed by atoms with van der Waals surface area (Å²) in [6.07, 6.45) is 26.2. The Morgan fingerprint density at radius 3 is 1.98 bits per heavy atom. The lowest BCUT2D eigenvalue weighted by molar-refractivity contribution is -0.139. The Bertz CT molecular complexity index is 768. The van der Waals surface area contributed by atoms with Crippen molar-refractivity contribution in [3.05, 3.63) is 11.6 Å². The summed E-state index contributed by atoms with van der Waals surface area (Å²) < 4.78 is 11.5. The molecule has 1 saturated heterocycles. The molecule has 0 unspecified atom stereocenters. The van der Waals surface area contributed by atoms with Gasteiger partial charge in [0.1, 0.15) is 6.10 Å². The predicted octanol–water partition coefficient (Wildman–Crippen LogP) is 7.95. The summed E-state index contributed by atoms with van der Waals surface area (Å²) in [5.74, 6) is 0.660. The van der Waals surface area contributed by atoms with Crippen molar-refractivity contribution >= 4 is 5.97 Å². The third-order valence-electron chi connectivity index (χ3n) is 10.2. The highest BCUT2D eigenvalue weighted by Crippen LogP contribution is 2.41. The van der Waals surface area contributed by atoms with E-state index in [0.29, 0.717) is 23.8 Å². The number of aliphatic hydroxyl groups excluding tert-OH is 3. The SMILES string of the molecule is CCCCCCCCCC[C@H](O)[C@H]1CC[C@H]([C@@H]2CC[C@H]([C@H](O)CCCCCCCC[C@H](O)CC3=C[C@H](C)OC3=O)C2)O1. The number of hydrogen-bond acceptors (Lipinski definition) is 6. The topological polar surface area (TPSA) is 96.2 Å². The maximum Gasteiger partial charge on any atom is 0.334 e. The second-order valence-corrected chi connectivity index (χ2v) is 13.9. The second-order valence-electron chi connectivity index (χ2n) is 13.9. The Morgan fingerprint density at radius 2 is 1.36 bits per heavy atom. The fourth-order valence-electron chi connectivity index (χ4n) is 7.55. The monoisotopic (exact) mass is 592 g/mol. The van der Waals surface area contributed by atoms with Gasteiger partial charge in [-0.05, 0) is 76.2 Å². The Kier molecular flexibility index (Phi) is 17.0. The first kappa shape index (κ1) is 35.5. The average molecular weight is 593 g/mol. The van der Waals surface area contributed by atoms with Crippen molar-refractivity contribution in [3.63, 3.8) is 0 Å². The first-order chi connectivity index (χ1) is 20.4. The lowest BCUT2D eigenvalue weighted by Gasteiger charge is -2.23. The van der Waals surface area contributed by atoms with Gasteiger partial charge in [-0.2, -0.15) is 0 Å². The van der Waals surface area contributed by atoms with Gasteiger partial charge in [-0.3, -0.25) is 0 Å². The van der Waals surface area contributed by atoms with E-state index < -0.39 is 6.10 Å². The van der Waals surface area contributed by atoms with E-state index in [1.54, 1.807) is 0 Å². The molecule has 0 bridgehead atoms. The van der Waals surface area contributed by atoms with Crippen LogP contribution in [0.15, 0.2) is 11.6 Å². The highest BCUT2D eigenvalue weighted by molar-refractivity contribution is 5.90. The van der Waals surface area contributed by atoms with Gasteiger partial charge in [0.2, 0.25) is 0 Å². The molecule has 2 fully saturated rings. The van der Waals surface area contributed by atoms with Gasteiger partial charge in [0, 0.05) is 12.0 Å². The molecule has 3 N–H and O–H groups in total. The molecule has 6 nitrogen and oxygen atoms in total. The highest BCUT2D eigenvalue weighted by atomic mass is 16.5. The van der Waals surface area contributed by atoms with Gasteiger partial charge in [0.05, 0.1) is 30.5 Å². The van der Waals surface area contributed by atoms with E-state index in [2.05, 4.69) is 6.92 Å². The molecule has 3 aliphatic rings. The molecule has 2 aliphatic heterocycles. The number of esters is 1. The number of cyclic esters (lactones) is 1. The van der Waals surface area contributed by atoms with Crippen molar-refractivity contribution in [1.82, 2.24) is 0 Å². The Balaban J connectivity index is 1.16. The molecule has 244 valence electrons. The van der Waals surface area contributed by atoms with Crippen LogP contribution in [0.25, 0.3) is 0 Å². The number of hydrogen-bond donors (Lipinski definition) is 3. The first-order valence-corrected chi connectivity index (χ1v) is 18.0. The number of rotatable bonds is 23. The predicted molar refractivity (Wildman–Crippen MR) is 169 cm³/mol. The summed E-state index contributed by atoms with van der Waals surface area (Å²) in [6.45, 7) is 4.10. The van der Waals surface area contributed by atoms with Gasteiger partial charge >= 0.3 is 5.97 Å². The summed E-state index contributed by atoms with van der Waals surface area (Å²) in [7, 11) is 0. The largest absolute Gasteiger partial charge is 0.455 e. The number of carbonyl (C=O) groups is 1. The molecule has 8 atom stereocenters. The van der Waals surface area contributed by atoms with Gasteiger partial charge in [-0.15, -0.1) is 0 Å². The number of aliphatic hydroxyl groups is 3. The molecule has 6 heteroatoms. The van der Waals surface area contributed by atoms with Crippen LogP contribution in [0.5, 0.6) is 0 Å². The van der Waals surface area contributed by atoms with Crippen molar-refractivity contribution in [1.29, 1.82) is 0 Å². The summed E-state index contributed by atoms with van der Waals surface area (Å²) in [5, 5.41) is 31.8. The van der Waals surface area contributed by atoms with E-state index in [-0.39, 0.29) is 36.5 Å². The van der Waals surface area contributed by atoms with E-state index in [1.807, 2.05) is 13.0 Å². The van der Waals surface area contributed by atoms with Crippen molar-refractivity contribution in [2.75, 3.05) is 0 Å². The summed E-state index contributed by atoms with van der Waals surface area (Å²) in [4.78, 5) is 11.7. The van der Waals surface area contributed by atoms with Crippen LogP contribution >= 0.6 is 0 Å². The minimum Gasteiger partial charge on any atom is -0.455 e. The average Bonchev–Trinajstić information content (AvgIpc) is 3.72. The van der Waals surface area contributed by atoms with Gasteiger partial charge in [0.25, 0.3) is 0 Å². The molecule has 0 amide bonds. The summed E-state index contributed by atoms with van der Waals surface area (Å²) in [5.41, 5.74) is 0.616. The van der Waals surface area contributed by atoms with Crippen LogP contribution < -0.4 is 0 Å². The molecular formula is C36H64O6. The fourth-order valence-corrected chi connectivity index (χ4v) is 7.55. The Hall–Kier alpha value is -0.950. The lowest BCUT2D eigenvalue weighted by atomic mass is 9.92. The van der Waals surface area contributed by atoms with Crippen molar-refractivity contribution in [3.8, 4) is 0 Å². The van der Waals surface area contributed by atoms with Crippen molar-refractivity contribution in [2.24, 2.45) is 11.8 Å². The zero-order valence-electron chi connectivity index (χ0n) is 27.0. The standard InChI is InChI=1S/C36H64O6/c1-3-4-5-6-7-8-13-16-19-33(39)35-23-22-34(42-35)29-21-20-28(25-29)32(38)18-15-12-10-9-11-14-17-31(37)26-30-24-27(2)41-36(30)40/h24,27-29,31-35,37-39H,3-23,25-26H2,1-2H3/t27-,28-,29+,31-,32+,33-,34+,35+/m0/s1. The molecule has 42 heavy (non-hydrogen) atoms. The molecule has 1 saturated carbocycles. The fraction of sp³-hybridized carbons (Fsp3) is 0.917. The number of unbranched alkanes of at least 4 members (excludes halogenated alkanes) is 12. The Labute approximate surface area is 257 Å². The number of ether oxygens (including phenoxy) is 2. The third-order valence-corrected chi connectivity index (χ3v) is 10.2. The first-order valence-electron chi connectivity index (χ1n) is 18.0. The molecule has 0 aromatic carbocycles. The van der Waals surface area contributed by atoms with E-state index in [0.717, 1.165) is 89.9 Å². The lowest BCUT2D eigenvalue weighted by Crippen LogP contribution is -2.28. The van der Waals surface area contributed by atoms with Gasteiger partial charge in [-0.1, -0.05) is 96.8 Å². The molecule has 0 radical (unpaired) electrons. The normalized spacial score (nSPS) is 28.2. The van der Waals surface area contributed by atoms with Crippen molar-refractivity contribution in [2.45, 2.75) is 198 Å². The minimum atomic E-state index is -0.468. The summed E-state index contributed by atoms with van der Waals surface area (Å²) >= 11 is 0. The quantitative estimate of drug-likeness (QED) is 0.0823. The molecule has 0 spiro atoms. The van der Waals surface area contributed by atoms with Crippen LogP contribution in [-0.4, -0.2) is 57.9 Å². The maximum atomic E-state index is 11.7. The zero-order chi connectivity index (χ0) is 30.2. The smallest absolute Gasteiger partial charge is 0.334 e. The van der Waals surface area contributed by atoms with Crippen LogP contribution in [0.4, 0.5) is 0 Å². The highest BCUT2D eigenvalue weighted by Gasteiger charge is 2.39. The van der Waals surface area contributed by atoms with E-state index >= 15 is 0 Å². The Morgan fingerprint density at radius 1 is 0.762 bits per heavy atom. The van der Waals surface area contributed by atoms with Gasteiger partial charge in [0.15, 0.2) is 0 Å². The number of carbonyl (C=O) groups excluding carboxylic acids is 1. The van der Waals surface area contributed by atoms with Gasteiger partial charge < -0.3 is 24.8 Å². The zero-order valence-corrected chi connectivity index (χ0v) is 27.0. The van der Waals surface area contributed by atoms with E-state index in [4.69, 9.17) is 9.47 Å². The van der Waals surface area contributed by atoms with Crippen LogP contribution in [0, 0.1) is 11.8 Å². The van der Waals surface area contributed by atoms with Crippen LogP contribution in [0.3, 0.4) is 0 Å². The molecular weight excluding hydrogens is 528 g/mol. The minimum absolute atomic E-state index is 0.0131. The van der Waals surface area contributed by atoms with E-state index in [1.165, 1.54) is 51.4 Å². The van der Waals surface area contributed by atoms with Crippen molar-refractivity contribution < 1.29 is 29.6 Å². The maximum absolute atomic E-state index is 11.7. The van der Waals surface area contributed by atoms with E-state index in [9.17, 15) is 20.1 Å². The molecule has 0 aromatic rings. The van der Waals surface area contributed by atoms with Crippen LogP contribution in [-0.2, 0) is 14.3 Å². The molecule has 0 aromatic heterocycles. The molecule has 3 rings (SSSR count). The van der Waals surface area contributed by atoms with Crippen LogP contribution in [0.2, 0.25) is 0 Å².